The van der Waals surface area contributed by atoms with Crippen molar-refractivity contribution in [2.24, 2.45) is 0 Å². The fourth-order valence-corrected chi connectivity index (χ4v) is 3.50. The van der Waals surface area contributed by atoms with E-state index < -0.39 is 0 Å². The van der Waals surface area contributed by atoms with Crippen LogP contribution in [0, 0.1) is 6.92 Å². The third-order valence-electron chi connectivity index (χ3n) is 5.17. The number of hydrogen-bond donors (Lipinski definition) is 3. The van der Waals surface area contributed by atoms with Crippen LogP contribution in [0.1, 0.15) is 21.7 Å². The molecule has 0 bridgehead atoms. The summed E-state index contributed by atoms with van der Waals surface area (Å²) in [5.41, 5.74) is 6.25. The molecule has 7 nitrogen and oxygen atoms in total. The lowest BCUT2D eigenvalue weighted by molar-refractivity contribution is 0.0951. The van der Waals surface area contributed by atoms with E-state index in [4.69, 9.17) is 4.52 Å². The summed E-state index contributed by atoms with van der Waals surface area (Å²) < 4.78 is 5.03. The van der Waals surface area contributed by atoms with Crippen LogP contribution >= 0.6 is 0 Å². The zero-order valence-electron chi connectivity index (χ0n) is 16.3. The van der Waals surface area contributed by atoms with Crippen molar-refractivity contribution in [2.75, 3.05) is 0 Å². The highest BCUT2D eigenvalue weighted by atomic mass is 16.5. The average molecular weight is 397 g/mol. The maximum Gasteiger partial charge on any atom is 0.251 e. The molecule has 0 aliphatic carbocycles. The normalized spacial score (nSPS) is 11.1. The van der Waals surface area contributed by atoms with Gasteiger partial charge in [0.05, 0.1) is 23.8 Å². The van der Waals surface area contributed by atoms with Gasteiger partial charge in [0.2, 0.25) is 0 Å². The van der Waals surface area contributed by atoms with Gasteiger partial charge in [0, 0.05) is 34.1 Å². The second kappa shape index (κ2) is 7.36. The van der Waals surface area contributed by atoms with Gasteiger partial charge < -0.3 is 14.8 Å². The van der Waals surface area contributed by atoms with Crippen LogP contribution in [-0.2, 0) is 6.54 Å². The first kappa shape index (κ1) is 17.9. The van der Waals surface area contributed by atoms with Crippen LogP contribution in [-0.4, -0.2) is 26.2 Å². The molecule has 1 amide bonds. The fraction of sp³-hybridized carbons (Fsp3) is 0.0870. The van der Waals surface area contributed by atoms with Gasteiger partial charge in [-0.25, -0.2) is 0 Å². The molecule has 0 fully saturated rings. The summed E-state index contributed by atoms with van der Waals surface area (Å²) in [6.45, 7) is 2.19. The Bertz CT molecular complexity index is 1330. The molecule has 3 aromatic heterocycles. The molecule has 5 aromatic rings. The number of carbonyl (C=O) groups excluding carboxylic acids is 1. The zero-order valence-corrected chi connectivity index (χ0v) is 16.3. The van der Waals surface area contributed by atoms with E-state index in [1.54, 1.807) is 6.20 Å². The van der Waals surface area contributed by atoms with Crippen LogP contribution in [0.4, 0.5) is 0 Å². The van der Waals surface area contributed by atoms with Crippen molar-refractivity contribution in [1.82, 2.24) is 25.7 Å². The third kappa shape index (κ3) is 3.26. The fourth-order valence-electron chi connectivity index (χ4n) is 3.50. The van der Waals surface area contributed by atoms with E-state index in [1.807, 2.05) is 49.5 Å². The summed E-state index contributed by atoms with van der Waals surface area (Å²) in [5, 5.41) is 15.0. The monoisotopic (exact) mass is 397 g/mol. The van der Waals surface area contributed by atoms with Gasteiger partial charge in [-0.3, -0.25) is 9.89 Å². The largest absolute Gasteiger partial charge is 0.361 e. The number of aromatic amines is 2. The van der Waals surface area contributed by atoms with Crippen molar-refractivity contribution in [3.8, 4) is 22.5 Å². The van der Waals surface area contributed by atoms with E-state index in [2.05, 4.69) is 43.9 Å². The summed E-state index contributed by atoms with van der Waals surface area (Å²) in [5.74, 6) is 0.550. The number of nitrogens with one attached hydrogen (secondary N) is 3. The lowest BCUT2D eigenvalue weighted by Crippen LogP contribution is -2.22. The number of benzene rings is 2. The molecule has 3 N–H and O–H groups in total. The molecule has 0 radical (unpaired) electrons. The number of hydrogen-bond acceptors (Lipinski definition) is 4. The molecule has 2 aromatic carbocycles. The number of rotatable bonds is 5. The molecular weight excluding hydrogens is 378 g/mol. The minimum Gasteiger partial charge on any atom is -0.361 e. The van der Waals surface area contributed by atoms with Gasteiger partial charge in [0.1, 0.15) is 5.76 Å². The Labute approximate surface area is 172 Å². The van der Waals surface area contributed by atoms with Gasteiger partial charge in [-0.05, 0) is 30.7 Å². The quantitative estimate of drug-likeness (QED) is 0.408. The molecule has 0 saturated heterocycles. The van der Waals surface area contributed by atoms with Crippen molar-refractivity contribution >= 4 is 16.8 Å². The van der Waals surface area contributed by atoms with E-state index in [0.29, 0.717) is 17.9 Å². The highest BCUT2D eigenvalue weighted by molar-refractivity contribution is 5.99. The van der Waals surface area contributed by atoms with E-state index in [1.165, 1.54) is 0 Å². The first-order valence-electron chi connectivity index (χ1n) is 9.59. The van der Waals surface area contributed by atoms with Crippen LogP contribution in [0.2, 0.25) is 0 Å². The Morgan fingerprint density at radius 2 is 1.97 bits per heavy atom. The number of carbonyl (C=O) groups is 1. The predicted molar refractivity (Wildman–Crippen MR) is 114 cm³/mol. The van der Waals surface area contributed by atoms with E-state index in [0.717, 1.165) is 39.0 Å². The molecule has 3 heterocycles. The molecule has 0 atom stereocenters. The molecule has 148 valence electrons. The molecule has 0 saturated carbocycles. The minimum atomic E-state index is -0.153. The lowest BCUT2D eigenvalue weighted by Gasteiger charge is -2.04. The highest BCUT2D eigenvalue weighted by Gasteiger charge is 2.14. The summed E-state index contributed by atoms with van der Waals surface area (Å²) in [6, 6.07) is 17.8. The Hall–Kier alpha value is -4.13. The summed E-state index contributed by atoms with van der Waals surface area (Å²) in [4.78, 5) is 16.0. The number of aryl methyl sites for hydroxylation is 1. The van der Waals surface area contributed by atoms with Gasteiger partial charge >= 0.3 is 0 Å². The Morgan fingerprint density at radius 1 is 1.10 bits per heavy atom. The molecular formula is C23H19N5O2. The maximum atomic E-state index is 12.6. The van der Waals surface area contributed by atoms with E-state index >= 15 is 0 Å². The molecule has 5 rings (SSSR count). The van der Waals surface area contributed by atoms with Gasteiger partial charge in [-0.15, -0.1) is 0 Å². The van der Waals surface area contributed by atoms with Crippen molar-refractivity contribution in [1.29, 1.82) is 0 Å². The standard InChI is InChI=1S/C23H19N5O2/c1-14-18(12-26-30-14)11-24-23(29)17-8-7-16-9-21(27-20(16)10-17)22-19(13-25-28-22)15-5-3-2-4-6-15/h2-10,12-13,27H,11H2,1H3,(H,24,29)(H,25,28). The first-order chi connectivity index (χ1) is 14.7. The number of nitrogens with zero attached hydrogens (tertiary/aromatic N) is 2. The smallest absolute Gasteiger partial charge is 0.251 e. The van der Waals surface area contributed by atoms with Crippen molar-refractivity contribution in [2.45, 2.75) is 13.5 Å². The van der Waals surface area contributed by atoms with Gasteiger partial charge in [0.15, 0.2) is 0 Å². The Kier molecular flexibility index (Phi) is 4.40. The number of H-pyrrole nitrogens is 2. The van der Waals surface area contributed by atoms with Crippen LogP contribution < -0.4 is 5.32 Å². The number of amides is 1. The molecule has 0 aliphatic rings. The summed E-state index contributed by atoms with van der Waals surface area (Å²) in [6.07, 6.45) is 3.44. The minimum absolute atomic E-state index is 0.153. The summed E-state index contributed by atoms with van der Waals surface area (Å²) in [7, 11) is 0. The molecule has 30 heavy (non-hydrogen) atoms. The van der Waals surface area contributed by atoms with Crippen LogP contribution in [0.25, 0.3) is 33.4 Å². The van der Waals surface area contributed by atoms with Crippen molar-refractivity contribution in [3.63, 3.8) is 0 Å². The second-order valence-corrected chi connectivity index (χ2v) is 7.10. The van der Waals surface area contributed by atoms with Gasteiger partial charge in [-0.1, -0.05) is 41.6 Å². The highest BCUT2D eigenvalue weighted by Crippen LogP contribution is 2.31. The first-order valence-corrected chi connectivity index (χ1v) is 9.59. The van der Waals surface area contributed by atoms with E-state index in [-0.39, 0.29) is 5.91 Å². The molecule has 0 aliphatic heterocycles. The van der Waals surface area contributed by atoms with E-state index in [9.17, 15) is 4.79 Å². The average Bonchev–Trinajstić information content (AvgIpc) is 3.51. The SMILES string of the molecule is Cc1oncc1CNC(=O)c1ccc2cc(-c3[nH]ncc3-c3ccccc3)[nH]c2c1. The Morgan fingerprint density at radius 3 is 2.77 bits per heavy atom. The topological polar surface area (TPSA) is 99.6 Å². The molecule has 0 spiro atoms. The zero-order chi connectivity index (χ0) is 20.5. The number of fused-ring (bicyclic) bond motifs is 1. The van der Waals surface area contributed by atoms with Crippen LogP contribution in [0.15, 0.2) is 71.5 Å². The van der Waals surface area contributed by atoms with Gasteiger partial charge in [0.25, 0.3) is 5.91 Å². The third-order valence-corrected chi connectivity index (χ3v) is 5.17. The molecule has 7 heteroatoms. The van der Waals surface area contributed by atoms with Crippen LogP contribution in [0.5, 0.6) is 0 Å². The Balaban J connectivity index is 1.42. The van der Waals surface area contributed by atoms with Crippen molar-refractivity contribution in [3.05, 3.63) is 83.9 Å². The molecule has 0 unspecified atom stereocenters. The van der Waals surface area contributed by atoms with Gasteiger partial charge in [-0.2, -0.15) is 5.10 Å². The van der Waals surface area contributed by atoms with Crippen LogP contribution in [0.3, 0.4) is 0 Å². The second-order valence-electron chi connectivity index (χ2n) is 7.10. The lowest BCUT2D eigenvalue weighted by atomic mass is 10.1. The predicted octanol–water partition coefficient (Wildman–Crippen LogP) is 4.45. The number of aromatic nitrogens is 4. The maximum absolute atomic E-state index is 12.6. The van der Waals surface area contributed by atoms with Crippen molar-refractivity contribution < 1.29 is 9.32 Å². The summed E-state index contributed by atoms with van der Waals surface area (Å²) >= 11 is 0.